The van der Waals surface area contributed by atoms with Crippen LogP contribution in [0.5, 0.6) is 11.5 Å². The third-order valence-electron chi connectivity index (χ3n) is 4.21. The van der Waals surface area contributed by atoms with E-state index in [2.05, 4.69) is 51.7 Å². The van der Waals surface area contributed by atoms with Gasteiger partial charge in [0.25, 0.3) is 0 Å². The van der Waals surface area contributed by atoms with Gasteiger partial charge in [0.1, 0.15) is 19.0 Å². The molecule has 0 unspecified atom stereocenters. The van der Waals surface area contributed by atoms with Crippen molar-refractivity contribution in [2.75, 3.05) is 18.5 Å². The quantitative estimate of drug-likeness (QED) is 0.727. The molecule has 0 bridgehead atoms. The van der Waals surface area contributed by atoms with Crippen LogP contribution >= 0.6 is 0 Å². The number of carbonyl (C=O) groups is 1. The first-order chi connectivity index (χ1) is 13.2. The van der Waals surface area contributed by atoms with Gasteiger partial charge >= 0.3 is 0 Å². The summed E-state index contributed by atoms with van der Waals surface area (Å²) < 4.78 is 11.0. The largest absolute Gasteiger partial charge is 0.486 e. The lowest BCUT2D eigenvalue weighted by Crippen LogP contribution is -2.17. The van der Waals surface area contributed by atoms with Gasteiger partial charge < -0.3 is 14.8 Å². The number of amides is 1. The summed E-state index contributed by atoms with van der Waals surface area (Å²) in [5.74, 6) is 2.34. The Bertz CT molecular complexity index is 950. The van der Waals surface area contributed by atoms with Gasteiger partial charge in [-0.1, -0.05) is 29.8 Å². The number of ether oxygens (including phenoxy) is 2. The van der Waals surface area contributed by atoms with Crippen molar-refractivity contribution in [3.63, 3.8) is 0 Å². The molecule has 1 aliphatic heterocycles. The van der Waals surface area contributed by atoms with E-state index >= 15 is 0 Å². The number of benzene rings is 2. The predicted octanol–water partition coefficient (Wildman–Crippen LogP) is 2.66. The molecule has 4 rings (SSSR count). The third-order valence-corrected chi connectivity index (χ3v) is 4.21. The molecule has 2 aromatic carbocycles. The Morgan fingerprint density at radius 1 is 1.11 bits per heavy atom. The minimum Gasteiger partial charge on any atom is -0.486 e. The molecule has 138 valence electrons. The van der Waals surface area contributed by atoms with Crippen molar-refractivity contribution < 1.29 is 14.3 Å². The van der Waals surface area contributed by atoms with Crippen molar-refractivity contribution >= 4 is 11.6 Å². The second kappa shape index (κ2) is 7.49. The van der Waals surface area contributed by atoms with Crippen LogP contribution < -0.4 is 14.8 Å². The molecular weight excluding hydrogens is 344 g/mol. The minimum atomic E-state index is -0.187. The minimum absolute atomic E-state index is 0.0961. The molecule has 2 heterocycles. The van der Waals surface area contributed by atoms with Crippen molar-refractivity contribution in [1.29, 1.82) is 0 Å². The van der Waals surface area contributed by atoms with Crippen LogP contribution in [0.4, 0.5) is 5.69 Å². The van der Waals surface area contributed by atoms with Gasteiger partial charge in [-0.15, -0.1) is 0 Å². The molecular formula is C20H20N4O3. The monoisotopic (exact) mass is 364 g/mol. The van der Waals surface area contributed by atoms with Crippen molar-refractivity contribution in [1.82, 2.24) is 15.2 Å². The fourth-order valence-corrected chi connectivity index (χ4v) is 2.86. The van der Waals surface area contributed by atoms with Crippen molar-refractivity contribution in [2.45, 2.75) is 19.8 Å². The Kier molecular flexibility index (Phi) is 4.74. The molecule has 1 amide bonds. The number of rotatable bonds is 5. The van der Waals surface area contributed by atoms with Crippen LogP contribution in [0.1, 0.15) is 22.8 Å². The zero-order chi connectivity index (χ0) is 18.6. The summed E-state index contributed by atoms with van der Waals surface area (Å²) in [6, 6.07) is 13.6. The Balaban J connectivity index is 1.36. The van der Waals surface area contributed by atoms with Gasteiger partial charge in [-0.05, 0) is 24.6 Å². The van der Waals surface area contributed by atoms with Crippen LogP contribution in [-0.2, 0) is 17.6 Å². The molecule has 1 aromatic heterocycles. The Hall–Kier alpha value is -3.35. The maximum atomic E-state index is 12.3. The maximum absolute atomic E-state index is 12.3. The van der Waals surface area contributed by atoms with E-state index in [9.17, 15) is 4.79 Å². The van der Waals surface area contributed by atoms with Gasteiger partial charge in [-0.2, -0.15) is 5.10 Å². The number of anilines is 1. The number of H-pyrrole nitrogens is 1. The molecule has 7 nitrogen and oxygen atoms in total. The molecule has 0 fully saturated rings. The molecule has 0 atom stereocenters. The van der Waals surface area contributed by atoms with E-state index in [4.69, 9.17) is 9.47 Å². The maximum Gasteiger partial charge on any atom is 0.232 e. The van der Waals surface area contributed by atoms with Gasteiger partial charge in [0.2, 0.25) is 5.91 Å². The van der Waals surface area contributed by atoms with Gasteiger partial charge in [-0.3, -0.25) is 9.89 Å². The number of fused-ring (bicyclic) bond motifs is 1. The fourth-order valence-electron chi connectivity index (χ4n) is 2.86. The topological polar surface area (TPSA) is 89.1 Å². The van der Waals surface area contributed by atoms with Gasteiger partial charge in [0, 0.05) is 18.2 Å². The number of hydrogen-bond acceptors (Lipinski definition) is 5. The lowest BCUT2D eigenvalue weighted by Gasteiger charge is -2.18. The van der Waals surface area contributed by atoms with Crippen LogP contribution in [0, 0.1) is 6.92 Å². The average molecular weight is 364 g/mol. The van der Waals surface area contributed by atoms with E-state index in [-0.39, 0.29) is 12.3 Å². The molecule has 3 aromatic rings. The molecule has 0 saturated carbocycles. The smallest absolute Gasteiger partial charge is 0.232 e. The summed E-state index contributed by atoms with van der Waals surface area (Å²) in [7, 11) is 0. The summed E-state index contributed by atoms with van der Waals surface area (Å²) >= 11 is 0. The number of nitrogens with zero attached hydrogens (tertiary/aromatic N) is 2. The highest BCUT2D eigenvalue weighted by molar-refractivity contribution is 5.92. The van der Waals surface area contributed by atoms with Crippen LogP contribution in [0.15, 0.2) is 42.5 Å². The summed E-state index contributed by atoms with van der Waals surface area (Å²) in [4.78, 5) is 16.7. The molecule has 0 spiro atoms. The highest BCUT2D eigenvalue weighted by Crippen LogP contribution is 2.32. The van der Waals surface area contributed by atoms with Crippen molar-refractivity contribution in [3.05, 3.63) is 65.2 Å². The summed E-state index contributed by atoms with van der Waals surface area (Å²) in [5, 5.41) is 9.88. The summed E-state index contributed by atoms with van der Waals surface area (Å²) in [5.41, 5.74) is 3.01. The average Bonchev–Trinajstić information content (AvgIpc) is 3.10. The number of hydrogen-bond donors (Lipinski definition) is 2. The van der Waals surface area contributed by atoms with E-state index in [0.29, 0.717) is 42.6 Å². The normalized spacial score (nSPS) is 12.6. The van der Waals surface area contributed by atoms with Crippen LogP contribution in [-0.4, -0.2) is 34.3 Å². The van der Waals surface area contributed by atoms with E-state index in [1.807, 2.05) is 0 Å². The molecule has 7 heteroatoms. The molecule has 0 saturated heterocycles. The first-order valence-corrected chi connectivity index (χ1v) is 8.81. The third kappa shape index (κ3) is 4.25. The SMILES string of the molecule is Cc1ccc(Cc2nc(CC(=O)Nc3ccc4c(c3)OCCO4)n[nH]2)cc1. The second-order valence-electron chi connectivity index (χ2n) is 6.44. The Labute approximate surface area is 156 Å². The summed E-state index contributed by atoms with van der Waals surface area (Å²) in [6.45, 7) is 3.09. The van der Waals surface area contributed by atoms with Crippen molar-refractivity contribution in [2.24, 2.45) is 0 Å². The zero-order valence-electron chi connectivity index (χ0n) is 15.0. The van der Waals surface area contributed by atoms with Gasteiger partial charge in [-0.25, -0.2) is 4.98 Å². The predicted molar refractivity (Wildman–Crippen MR) is 100 cm³/mol. The van der Waals surface area contributed by atoms with Crippen LogP contribution in [0.25, 0.3) is 0 Å². The fraction of sp³-hybridized carbons (Fsp3) is 0.250. The number of aromatic nitrogens is 3. The van der Waals surface area contributed by atoms with E-state index in [0.717, 1.165) is 11.4 Å². The van der Waals surface area contributed by atoms with Gasteiger partial charge in [0.05, 0.1) is 6.42 Å². The number of nitrogens with one attached hydrogen (secondary N) is 2. The first-order valence-electron chi connectivity index (χ1n) is 8.81. The van der Waals surface area contributed by atoms with Gasteiger partial charge in [0.15, 0.2) is 17.3 Å². The summed E-state index contributed by atoms with van der Waals surface area (Å²) in [6.07, 6.45) is 0.746. The molecule has 0 aliphatic carbocycles. The van der Waals surface area contributed by atoms with E-state index in [1.165, 1.54) is 5.56 Å². The Morgan fingerprint density at radius 3 is 2.70 bits per heavy atom. The molecule has 2 N–H and O–H groups in total. The number of carbonyl (C=O) groups excluding carboxylic acids is 1. The molecule has 1 aliphatic rings. The van der Waals surface area contributed by atoms with Crippen LogP contribution in [0.2, 0.25) is 0 Å². The number of aryl methyl sites for hydroxylation is 1. The molecule has 27 heavy (non-hydrogen) atoms. The standard InChI is InChI=1S/C20H20N4O3/c1-13-2-4-14(5-3-13)10-18-22-19(24-23-18)12-20(25)21-15-6-7-16-17(11-15)27-9-8-26-16/h2-7,11H,8-10,12H2,1H3,(H,21,25)(H,22,23,24). The first kappa shape index (κ1) is 17.1. The lowest BCUT2D eigenvalue weighted by molar-refractivity contribution is -0.115. The van der Waals surface area contributed by atoms with Crippen LogP contribution in [0.3, 0.4) is 0 Å². The zero-order valence-corrected chi connectivity index (χ0v) is 15.0. The van der Waals surface area contributed by atoms with E-state index < -0.39 is 0 Å². The number of aromatic amines is 1. The second-order valence-corrected chi connectivity index (χ2v) is 6.44. The lowest BCUT2D eigenvalue weighted by atomic mass is 10.1. The highest BCUT2D eigenvalue weighted by Gasteiger charge is 2.14. The highest BCUT2D eigenvalue weighted by atomic mass is 16.6. The Morgan fingerprint density at radius 2 is 1.89 bits per heavy atom. The molecule has 0 radical (unpaired) electrons. The van der Waals surface area contributed by atoms with E-state index in [1.54, 1.807) is 18.2 Å². The van der Waals surface area contributed by atoms with Crippen molar-refractivity contribution in [3.8, 4) is 11.5 Å².